The molecule has 5 nitrogen and oxygen atoms in total. The first-order chi connectivity index (χ1) is 12.2. The van der Waals surface area contributed by atoms with Gasteiger partial charge >= 0.3 is 5.63 Å². The maximum absolute atomic E-state index is 12.7. The van der Waals surface area contributed by atoms with Crippen molar-refractivity contribution in [3.63, 3.8) is 0 Å². The Bertz CT molecular complexity index is 826. The number of ether oxygens (including phenoxy) is 1. The summed E-state index contributed by atoms with van der Waals surface area (Å²) in [4.78, 5) is 26.0. The van der Waals surface area contributed by atoms with E-state index >= 15 is 0 Å². The maximum atomic E-state index is 12.7. The minimum atomic E-state index is -0.391. The van der Waals surface area contributed by atoms with Gasteiger partial charge in [-0.1, -0.05) is 12.8 Å². The Kier molecular flexibility index (Phi) is 4.47. The summed E-state index contributed by atoms with van der Waals surface area (Å²) in [5, 5.41) is 0.833. The van der Waals surface area contributed by atoms with Crippen LogP contribution in [0.5, 0.6) is 5.75 Å². The lowest BCUT2D eigenvalue weighted by molar-refractivity contribution is -0.139. The molecule has 0 radical (unpaired) electrons. The van der Waals surface area contributed by atoms with E-state index < -0.39 is 5.63 Å². The van der Waals surface area contributed by atoms with Crippen LogP contribution in [0.2, 0.25) is 0 Å². The maximum Gasteiger partial charge on any atom is 0.336 e. The van der Waals surface area contributed by atoms with E-state index in [2.05, 4.69) is 0 Å². The van der Waals surface area contributed by atoms with Crippen LogP contribution < -0.4 is 10.4 Å². The first-order valence-corrected chi connectivity index (χ1v) is 9.17. The van der Waals surface area contributed by atoms with Gasteiger partial charge in [0.2, 0.25) is 0 Å². The first kappa shape index (κ1) is 16.2. The molecule has 1 aromatic heterocycles. The highest BCUT2D eigenvalue weighted by Crippen LogP contribution is 2.35. The minimum absolute atomic E-state index is 0.0335. The second kappa shape index (κ2) is 6.90. The molecule has 0 bridgehead atoms. The fourth-order valence-electron chi connectivity index (χ4n) is 4.29. The number of carbonyl (C=O) groups is 1. The van der Waals surface area contributed by atoms with E-state index in [1.807, 2.05) is 11.0 Å². The average molecular weight is 341 g/mol. The van der Waals surface area contributed by atoms with Crippen LogP contribution >= 0.6 is 0 Å². The number of benzene rings is 1. The molecule has 4 rings (SSSR count). The van der Waals surface area contributed by atoms with Crippen molar-refractivity contribution in [2.75, 3.05) is 13.2 Å². The standard InChI is InChI=1S/C20H23NO4/c22-19(21-11-3-5-14-4-1-2-6-17(14)21)13-24-16-9-7-15-8-10-20(23)25-18(15)12-16/h7-10,12,14,17H,1-6,11,13H2/t14-,17-/m0/s1. The van der Waals surface area contributed by atoms with Crippen molar-refractivity contribution in [2.24, 2.45) is 5.92 Å². The molecule has 5 heteroatoms. The number of likely N-dealkylation sites (tertiary alicyclic amines) is 1. The predicted molar refractivity (Wildman–Crippen MR) is 94.7 cm³/mol. The monoisotopic (exact) mass is 341 g/mol. The Balaban J connectivity index is 1.43. The number of fused-ring (bicyclic) bond motifs is 2. The Labute approximate surface area is 146 Å². The summed E-state index contributed by atoms with van der Waals surface area (Å²) in [5.74, 6) is 1.28. The molecule has 0 unspecified atom stereocenters. The van der Waals surface area contributed by atoms with E-state index in [4.69, 9.17) is 9.15 Å². The van der Waals surface area contributed by atoms with Crippen molar-refractivity contribution in [3.8, 4) is 5.75 Å². The predicted octanol–water partition coefficient (Wildman–Crippen LogP) is 3.35. The highest BCUT2D eigenvalue weighted by atomic mass is 16.5. The van der Waals surface area contributed by atoms with Crippen molar-refractivity contribution < 1.29 is 13.9 Å². The Morgan fingerprint density at radius 2 is 1.92 bits per heavy atom. The molecule has 25 heavy (non-hydrogen) atoms. The molecule has 2 aromatic rings. The van der Waals surface area contributed by atoms with Crippen LogP contribution in [0.1, 0.15) is 38.5 Å². The van der Waals surface area contributed by atoms with Gasteiger partial charge in [0.05, 0.1) is 0 Å². The van der Waals surface area contributed by atoms with Crippen molar-refractivity contribution in [1.29, 1.82) is 0 Å². The van der Waals surface area contributed by atoms with Gasteiger partial charge in [0.15, 0.2) is 6.61 Å². The molecule has 2 heterocycles. The molecule has 1 aromatic carbocycles. The van der Waals surface area contributed by atoms with Crippen LogP contribution in [-0.4, -0.2) is 30.0 Å². The quantitative estimate of drug-likeness (QED) is 0.803. The first-order valence-electron chi connectivity index (χ1n) is 9.17. The summed E-state index contributed by atoms with van der Waals surface area (Å²) < 4.78 is 10.9. The number of rotatable bonds is 3. The van der Waals surface area contributed by atoms with Gasteiger partial charge in [-0.15, -0.1) is 0 Å². The number of nitrogens with zero attached hydrogens (tertiary/aromatic N) is 1. The van der Waals surface area contributed by atoms with E-state index in [1.54, 1.807) is 18.2 Å². The van der Waals surface area contributed by atoms with Gasteiger partial charge in [0.1, 0.15) is 11.3 Å². The second-order valence-electron chi connectivity index (χ2n) is 7.08. The average Bonchev–Trinajstić information content (AvgIpc) is 2.65. The SMILES string of the molecule is O=C(COc1ccc2ccc(=O)oc2c1)N1CCC[C@@H]2CCCC[C@@H]21. The molecule has 132 valence electrons. The smallest absolute Gasteiger partial charge is 0.336 e. The van der Waals surface area contributed by atoms with Crippen molar-refractivity contribution in [1.82, 2.24) is 4.90 Å². The van der Waals surface area contributed by atoms with Crippen LogP contribution in [0.3, 0.4) is 0 Å². The third-order valence-corrected chi connectivity index (χ3v) is 5.52. The highest BCUT2D eigenvalue weighted by Gasteiger charge is 2.35. The number of amides is 1. The van der Waals surface area contributed by atoms with Crippen LogP contribution in [-0.2, 0) is 4.79 Å². The topological polar surface area (TPSA) is 59.8 Å². The molecule has 1 saturated heterocycles. The molecule has 0 N–H and O–H groups in total. The highest BCUT2D eigenvalue weighted by molar-refractivity contribution is 5.79. The summed E-state index contributed by atoms with van der Waals surface area (Å²) in [5.41, 5.74) is 0.0835. The van der Waals surface area contributed by atoms with Gasteiger partial charge in [-0.2, -0.15) is 0 Å². The molecular weight excluding hydrogens is 318 g/mol. The number of piperidine rings is 1. The molecule has 2 aliphatic rings. The van der Waals surface area contributed by atoms with Gasteiger partial charge in [0.25, 0.3) is 5.91 Å². The van der Waals surface area contributed by atoms with Crippen LogP contribution in [0.15, 0.2) is 39.5 Å². The van der Waals surface area contributed by atoms with E-state index in [9.17, 15) is 9.59 Å². The summed E-state index contributed by atoms with van der Waals surface area (Å²) in [6, 6.07) is 8.80. The normalized spacial score (nSPS) is 23.3. The van der Waals surface area contributed by atoms with Crippen molar-refractivity contribution in [3.05, 3.63) is 40.8 Å². The van der Waals surface area contributed by atoms with Gasteiger partial charge in [-0.25, -0.2) is 4.79 Å². The summed E-state index contributed by atoms with van der Waals surface area (Å²) in [7, 11) is 0. The van der Waals surface area contributed by atoms with Gasteiger partial charge in [-0.3, -0.25) is 4.79 Å². The van der Waals surface area contributed by atoms with Gasteiger partial charge < -0.3 is 14.1 Å². The largest absolute Gasteiger partial charge is 0.484 e. The Hall–Kier alpha value is -2.30. The van der Waals surface area contributed by atoms with Gasteiger partial charge in [-0.05, 0) is 49.8 Å². The molecule has 2 atom stereocenters. The van der Waals surface area contributed by atoms with Crippen LogP contribution in [0.4, 0.5) is 0 Å². The molecule has 2 fully saturated rings. The Morgan fingerprint density at radius 3 is 2.84 bits per heavy atom. The third-order valence-electron chi connectivity index (χ3n) is 5.52. The number of hydrogen-bond donors (Lipinski definition) is 0. The molecule has 1 saturated carbocycles. The molecule has 1 aliphatic carbocycles. The zero-order valence-electron chi connectivity index (χ0n) is 14.3. The van der Waals surface area contributed by atoms with E-state index in [0.29, 0.717) is 23.3 Å². The zero-order valence-corrected chi connectivity index (χ0v) is 14.3. The van der Waals surface area contributed by atoms with E-state index in [1.165, 1.54) is 31.7 Å². The van der Waals surface area contributed by atoms with E-state index in [-0.39, 0.29) is 12.5 Å². The fraction of sp³-hybridized carbons (Fsp3) is 0.500. The van der Waals surface area contributed by atoms with Crippen molar-refractivity contribution in [2.45, 2.75) is 44.6 Å². The molecule has 0 spiro atoms. The lowest BCUT2D eigenvalue weighted by Crippen LogP contribution is -2.51. The Morgan fingerprint density at radius 1 is 1.12 bits per heavy atom. The lowest BCUT2D eigenvalue weighted by Gasteiger charge is -2.44. The molecular formula is C20H23NO4. The van der Waals surface area contributed by atoms with Crippen molar-refractivity contribution >= 4 is 16.9 Å². The molecule has 1 aliphatic heterocycles. The summed E-state index contributed by atoms with van der Waals surface area (Å²) in [6.07, 6.45) is 7.22. The molecule has 1 amide bonds. The summed E-state index contributed by atoms with van der Waals surface area (Å²) >= 11 is 0. The second-order valence-corrected chi connectivity index (χ2v) is 7.08. The number of carbonyl (C=O) groups excluding carboxylic acids is 1. The minimum Gasteiger partial charge on any atom is -0.484 e. The van der Waals surface area contributed by atoms with Crippen LogP contribution in [0.25, 0.3) is 11.0 Å². The number of hydrogen-bond acceptors (Lipinski definition) is 4. The fourth-order valence-corrected chi connectivity index (χ4v) is 4.29. The van der Waals surface area contributed by atoms with E-state index in [0.717, 1.165) is 24.8 Å². The third kappa shape index (κ3) is 3.41. The zero-order chi connectivity index (χ0) is 17.2. The summed E-state index contributed by atoms with van der Waals surface area (Å²) in [6.45, 7) is 0.877. The van der Waals surface area contributed by atoms with Crippen LogP contribution in [0, 0.1) is 5.92 Å². The van der Waals surface area contributed by atoms with Gasteiger partial charge in [0, 0.05) is 30.1 Å². The lowest BCUT2D eigenvalue weighted by atomic mass is 9.78.